The van der Waals surface area contributed by atoms with Crippen LogP contribution in [0.4, 0.5) is 0 Å². The molecular formula is C15H28N2O2S. The maximum absolute atomic E-state index is 12.6. The minimum absolute atomic E-state index is 0.327. The van der Waals surface area contributed by atoms with Crippen LogP contribution >= 0.6 is 0 Å². The van der Waals surface area contributed by atoms with E-state index in [9.17, 15) is 8.42 Å². The molecule has 0 aromatic carbocycles. The van der Waals surface area contributed by atoms with E-state index in [1.165, 1.54) is 32.1 Å². The summed E-state index contributed by atoms with van der Waals surface area (Å²) < 4.78 is 27.1. The van der Waals surface area contributed by atoms with Gasteiger partial charge in [-0.15, -0.1) is 0 Å². The van der Waals surface area contributed by atoms with Gasteiger partial charge in [0.15, 0.2) is 0 Å². The van der Waals surface area contributed by atoms with E-state index in [1.54, 1.807) is 0 Å². The molecule has 0 aromatic rings. The lowest BCUT2D eigenvalue weighted by molar-refractivity contribution is 0.259. The summed E-state index contributed by atoms with van der Waals surface area (Å²) in [6.07, 6.45) is 10.3. The fourth-order valence-electron chi connectivity index (χ4n) is 4.29. The predicted octanol–water partition coefficient (Wildman–Crippen LogP) is 2.11. The molecule has 1 N–H and O–H groups in total. The second-order valence-corrected chi connectivity index (χ2v) is 8.80. The maximum Gasteiger partial charge on any atom is 0.214 e. The molecule has 0 radical (unpaired) electrons. The lowest BCUT2D eigenvalue weighted by Gasteiger charge is -2.31. The molecule has 0 amide bonds. The summed E-state index contributed by atoms with van der Waals surface area (Å²) in [5.41, 5.74) is 0. The van der Waals surface area contributed by atoms with Crippen molar-refractivity contribution >= 4 is 10.0 Å². The van der Waals surface area contributed by atoms with E-state index in [0.717, 1.165) is 38.8 Å². The Morgan fingerprint density at radius 2 is 1.80 bits per heavy atom. The molecule has 0 bridgehead atoms. The minimum atomic E-state index is -3.04. The first-order valence-electron chi connectivity index (χ1n) is 8.40. The first-order chi connectivity index (χ1) is 9.67. The smallest absolute Gasteiger partial charge is 0.214 e. The number of nitrogens with one attached hydrogen (secondary N) is 1. The fraction of sp³-hybridized carbons (Fsp3) is 1.00. The van der Waals surface area contributed by atoms with Gasteiger partial charge in [0.2, 0.25) is 10.0 Å². The average Bonchev–Trinajstić information content (AvgIpc) is 2.91. The van der Waals surface area contributed by atoms with E-state index >= 15 is 0 Å². The third-order valence-corrected chi connectivity index (χ3v) is 7.37. The van der Waals surface area contributed by atoms with Crippen molar-refractivity contribution in [3.8, 4) is 0 Å². The Morgan fingerprint density at radius 3 is 2.60 bits per heavy atom. The number of sulfonamides is 1. The number of rotatable bonds is 4. The lowest BCUT2D eigenvalue weighted by Crippen LogP contribution is -2.42. The van der Waals surface area contributed by atoms with E-state index < -0.39 is 10.0 Å². The van der Waals surface area contributed by atoms with Crippen LogP contribution in [0.15, 0.2) is 0 Å². The van der Waals surface area contributed by atoms with Gasteiger partial charge in [-0.1, -0.05) is 19.3 Å². The third kappa shape index (κ3) is 3.20. The molecule has 1 saturated carbocycles. The first-order valence-corrected chi connectivity index (χ1v) is 10.0. The Morgan fingerprint density at radius 1 is 1.00 bits per heavy atom. The molecule has 3 unspecified atom stereocenters. The van der Waals surface area contributed by atoms with Crippen molar-refractivity contribution in [2.24, 2.45) is 5.92 Å². The molecule has 3 atom stereocenters. The minimum Gasteiger partial charge on any atom is -0.314 e. The van der Waals surface area contributed by atoms with Crippen molar-refractivity contribution in [3.05, 3.63) is 0 Å². The van der Waals surface area contributed by atoms with Gasteiger partial charge in [-0.25, -0.2) is 8.42 Å². The van der Waals surface area contributed by atoms with Gasteiger partial charge in [0, 0.05) is 18.6 Å². The van der Waals surface area contributed by atoms with Crippen molar-refractivity contribution in [1.29, 1.82) is 0 Å². The van der Waals surface area contributed by atoms with Gasteiger partial charge >= 0.3 is 0 Å². The summed E-state index contributed by atoms with van der Waals surface area (Å²) >= 11 is 0. The quantitative estimate of drug-likeness (QED) is 0.865. The van der Waals surface area contributed by atoms with E-state index in [-0.39, 0.29) is 0 Å². The van der Waals surface area contributed by atoms with Crippen LogP contribution in [-0.4, -0.2) is 43.6 Å². The molecule has 2 heterocycles. The molecule has 2 saturated heterocycles. The summed E-state index contributed by atoms with van der Waals surface area (Å²) in [7, 11) is -3.04. The zero-order chi connectivity index (χ0) is 14.0. The lowest BCUT2D eigenvalue weighted by atomic mass is 9.86. The van der Waals surface area contributed by atoms with Crippen LogP contribution in [0.3, 0.4) is 0 Å². The highest BCUT2D eigenvalue weighted by molar-refractivity contribution is 7.89. The SMILES string of the molecule is O=S(=O)(CCC1CCCCN1)N1CCC2CCCCC21. The fourth-order valence-corrected chi connectivity index (χ4v) is 6.18. The Balaban J connectivity index is 1.57. The summed E-state index contributed by atoms with van der Waals surface area (Å²) in [5, 5.41) is 3.46. The van der Waals surface area contributed by atoms with Crippen molar-refractivity contribution in [1.82, 2.24) is 9.62 Å². The molecule has 5 heteroatoms. The molecule has 116 valence electrons. The van der Waals surface area contributed by atoms with Crippen molar-refractivity contribution in [3.63, 3.8) is 0 Å². The maximum atomic E-state index is 12.6. The van der Waals surface area contributed by atoms with Crippen LogP contribution in [0.25, 0.3) is 0 Å². The standard InChI is InChI=1S/C15H28N2O2S/c18-20(19,12-9-14-6-3-4-10-16-14)17-11-8-13-5-1-2-7-15(13)17/h13-16H,1-12H2. The number of nitrogens with zero attached hydrogens (tertiary/aromatic N) is 1. The van der Waals surface area contributed by atoms with Crippen LogP contribution in [0.1, 0.15) is 57.8 Å². The molecule has 3 rings (SSSR count). The third-order valence-electron chi connectivity index (χ3n) is 5.45. The monoisotopic (exact) mass is 300 g/mol. The van der Waals surface area contributed by atoms with E-state index in [2.05, 4.69) is 5.32 Å². The largest absolute Gasteiger partial charge is 0.314 e. The number of piperidine rings is 1. The molecule has 0 spiro atoms. The Bertz CT molecular complexity index is 418. The van der Waals surface area contributed by atoms with Gasteiger partial charge < -0.3 is 5.32 Å². The van der Waals surface area contributed by atoms with Crippen molar-refractivity contribution in [2.45, 2.75) is 69.9 Å². The van der Waals surface area contributed by atoms with Crippen LogP contribution in [0, 0.1) is 5.92 Å². The number of fused-ring (bicyclic) bond motifs is 1. The second-order valence-electron chi connectivity index (χ2n) is 6.76. The normalized spacial score (nSPS) is 35.9. The molecule has 0 aromatic heterocycles. The molecule has 20 heavy (non-hydrogen) atoms. The first kappa shape index (κ1) is 14.8. The summed E-state index contributed by atoms with van der Waals surface area (Å²) in [6, 6.07) is 0.747. The topological polar surface area (TPSA) is 49.4 Å². The Hall–Kier alpha value is -0.130. The second kappa shape index (κ2) is 6.32. The van der Waals surface area contributed by atoms with Crippen molar-refractivity contribution < 1.29 is 8.42 Å². The molecule has 3 aliphatic rings. The van der Waals surface area contributed by atoms with E-state index in [1.807, 2.05) is 4.31 Å². The molecule has 2 aliphatic heterocycles. The van der Waals surface area contributed by atoms with Crippen LogP contribution in [0.2, 0.25) is 0 Å². The predicted molar refractivity (Wildman–Crippen MR) is 81.1 cm³/mol. The summed E-state index contributed by atoms with van der Waals surface area (Å²) in [4.78, 5) is 0. The van der Waals surface area contributed by atoms with Crippen LogP contribution < -0.4 is 5.32 Å². The molecule has 4 nitrogen and oxygen atoms in total. The molecule has 1 aliphatic carbocycles. The van der Waals surface area contributed by atoms with Gasteiger partial charge in [-0.05, 0) is 51.0 Å². The zero-order valence-electron chi connectivity index (χ0n) is 12.4. The highest BCUT2D eigenvalue weighted by Gasteiger charge is 2.41. The number of hydrogen-bond donors (Lipinski definition) is 1. The van der Waals surface area contributed by atoms with E-state index in [4.69, 9.17) is 0 Å². The van der Waals surface area contributed by atoms with Gasteiger partial charge in [-0.2, -0.15) is 4.31 Å². The molecular weight excluding hydrogens is 272 g/mol. The van der Waals surface area contributed by atoms with Gasteiger partial charge in [0.25, 0.3) is 0 Å². The van der Waals surface area contributed by atoms with Gasteiger partial charge in [0.1, 0.15) is 0 Å². The van der Waals surface area contributed by atoms with Gasteiger partial charge in [-0.3, -0.25) is 0 Å². The highest BCUT2D eigenvalue weighted by Crippen LogP contribution is 2.37. The number of hydrogen-bond acceptors (Lipinski definition) is 3. The average molecular weight is 300 g/mol. The van der Waals surface area contributed by atoms with Crippen LogP contribution in [0.5, 0.6) is 0 Å². The zero-order valence-corrected chi connectivity index (χ0v) is 13.2. The molecule has 3 fully saturated rings. The Kier molecular flexibility index (Phi) is 4.68. The van der Waals surface area contributed by atoms with Crippen molar-refractivity contribution in [2.75, 3.05) is 18.8 Å². The Labute approximate surface area is 123 Å². The highest BCUT2D eigenvalue weighted by atomic mass is 32.2. The summed E-state index contributed by atoms with van der Waals surface area (Å²) in [5.74, 6) is 0.986. The summed E-state index contributed by atoms with van der Waals surface area (Å²) in [6.45, 7) is 1.83. The van der Waals surface area contributed by atoms with Gasteiger partial charge in [0.05, 0.1) is 5.75 Å². The van der Waals surface area contributed by atoms with E-state index in [0.29, 0.717) is 23.8 Å². The van der Waals surface area contributed by atoms with Crippen LogP contribution in [-0.2, 0) is 10.0 Å².